The van der Waals surface area contributed by atoms with E-state index in [1.807, 2.05) is 6.07 Å². The monoisotopic (exact) mass is 391 g/mol. The number of esters is 1. The summed E-state index contributed by atoms with van der Waals surface area (Å²) in [5, 5.41) is 5.93. The Morgan fingerprint density at radius 1 is 0.931 bits per heavy atom. The Labute approximate surface area is 166 Å². The number of carbonyl (C=O) groups is 2. The maximum absolute atomic E-state index is 12.6. The molecule has 2 aromatic carbocycles. The number of ether oxygens (including phenoxy) is 3. The third-order valence-corrected chi connectivity index (χ3v) is 4.23. The van der Waals surface area contributed by atoms with Gasteiger partial charge < -0.3 is 24.8 Å². The summed E-state index contributed by atoms with van der Waals surface area (Å²) in [4.78, 5) is 28.3. The molecule has 29 heavy (non-hydrogen) atoms. The first-order valence-electron chi connectivity index (χ1n) is 8.75. The number of carbonyl (C=O) groups excluding carboxylic acids is 2. The number of nitrogens with one attached hydrogen (secondary N) is 2. The zero-order valence-electron chi connectivity index (χ0n) is 15.5. The van der Waals surface area contributed by atoms with Crippen LogP contribution in [-0.2, 0) is 4.74 Å². The molecule has 1 amide bonds. The largest absolute Gasteiger partial charge is 0.465 e. The van der Waals surface area contributed by atoms with Crippen molar-refractivity contribution in [3.8, 4) is 11.5 Å². The van der Waals surface area contributed by atoms with Gasteiger partial charge in [0.05, 0.1) is 12.7 Å². The van der Waals surface area contributed by atoms with Crippen molar-refractivity contribution in [2.75, 3.05) is 24.5 Å². The fourth-order valence-corrected chi connectivity index (χ4v) is 2.77. The van der Waals surface area contributed by atoms with Gasteiger partial charge >= 0.3 is 5.97 Å². The Kier molecular flexibility index (Phi) is 4.98. The number of benzene rings is 2. The first kappa shape index (κ1) is 18.3. The molecule has 0 atom stereocenters. The van der Waals surface area contributed by atoms with Gasteiger partial charge in [-0.1, -0.05) is 0 Å². The smallest absolute Gasteiger partial charge is 0.337 e. The van der Waals surface area contributed by atoms with E-state index in [1.165, 1.54) is 7.11 Å². The lowest BCUT2D eigenvalue weighted by Crippen LogP contribution is -2.12. The summed E-state index contributed by atoms with van der Waals surface area (Å²) in [5.41, 5.74) is 2.16. The second-order valence-electron chi connectivity index (χ2n) is 6.15. The third kappa shape index (κ3) is 4.11. The lowest BCUT2D eigenvalue weighted by Gasteiger charge is -2.09. The zero-order valence-corrected chi connectivity index (χ0v) is 15.5. The molecule has 2 heterocycles. The van der Waals surface area contributed by atoms with Crippen LogP contribution in [0.1, 0.15) is 20.7 Å². The first-order chi connectivity index (χ1) is 14.1. The molecule has 0 fully saturated rings. The van der Waals surface area contributed by atoms with E-state index in [1.54, 1.807) is 54.7 Å². The van der Waals surface area contributed by atoms with E-state index in [0.29, 0.717) is 34.1 Å². The molecule has 0 unspecified atom stereocenters. The number of hydrogen-bond acceptors (Lipinski definition) is 7. The van der Waals surface area contributed by atoms with Gasteiger partial charge in [-0.25, -0.2) is 9.78 Å². The van der Waals surface area contributed by atoms with Crippen LogP contribution in [0.25, 0.3) is 0 Å². The van der Waals surface area contributed by atoms with Crippen molar-refractivity contribution in [1.82, 2.24) is 4.98 Å². The summed E-state index contributed by atoms with van der Waals surface area (Å²) in [6, 6.07) is 15.1. The van der Waals surface area contributed by atoms with Crippen LogP contribution in [0.3, 0.4) is 0 Å². The van der Waals surface area contributed by atoms with E-state index in [0.717, 1.165) is 5.69 Å². The molecule has 1 aromatic heterocycles. The summed E-state index contributed by atoms with van der Waals surface area (Å²) in [5.74, 6) is 1.12. The van der Waals surface area contributed by atoms with Gasteiger partial charge in [-0.05, 0) is 48.5 Å². The number of nitrogens with zero attached hydrogens (tertiary/aromatic N) is 1. The normalized spacial score (nSPS) is 11.6. The van der Waals surface area contributed by atoms with Gasteiger partial charge in [0.1, 0.15) is 5.82 Å². The molecule has 3 aromatic rings. The second-order valence-corrected chi connectivity index (χ2v) is 6.15. The molecule has 0 saturated heterocycles. The number of amides is 1. The Morgan fingerprint density at radius 3 is 2.48 bits per heavy atom. The SMILES string of the molecule is COC(=O)c1ccc(NC(=O)c2ccnc(Nc3ccc4c(c3)OCO4)c2)cc1. The highest BCUT2D eigenvalue weighted by molar-refractivity contribution is 6.05. The molecule has 0 spiro atoms. The quantitative estimate of drug-likeness (QED) is 0.641. The van der Waals surface area contributed by atoms with Crippen LogP contribution in [0.15, 0.2) is 60.8 Å². The van der Waals surface area contributed by atoms with Gasteiger partial charge in [0, 0.05) is 29.2 Å². The number of rotatable bonds is 5. The van der Waals surface area contributed by atoms with Crippen molar-refractivity contribution in [3.63, 3.8) is 0 Å². The summed E-state index contributed by atoms with van der Waals surface area (Å²) in [7, 11) is 1.32. The van der Waals surface area contributed by atoms with Crippen molar-refractivity contribution >= 4 is 29.1 Å². The Balaban J connectivity index is 1.45. The van der Waals surface area contributed by atoms with E-state index in [2.05, 4.69) is 20.4 Å². The molecule has 8 heteroatoms. The number of hydrogen-bond donors (Lipinski definition) is 2. The average molecular weight is 391 g/mol. The fraction of sp³-hybridized carbons (Fsp3) is 0.0952. The molecule has 0 radical (unpaired) electrons. The number of aromatic nitrogens is 1. The molecule has 4 rings (SSSR count). The number of anilines is 3. The predicted octanol–water partition coefficient (Wildman–Crippen LogP) is 3.59. The van der Waals surface area contributed by atoms with Gasteiger partial charge in [-0.15, -0.1) is 0 Å². The molecule has 0 saturated carbocycles. The summed E-state index contributed by atoms with van der Waals surface area (Å²) < 4.78 is 15.3. The van der Waals surface area contributed by atoms with E-state index in [4.69, 9.17) is 9.47 Å². The molecule has 1 aliphatic rings. The highest BCUT2D eigenvalue weighted by atomic mass is 16.7. The van der Waals surface area contributed by atoms with Crippen molar-refractivity contribution < 1.29 is 23.8 Å². The van der Waals surface area contributed by atoms with Gasteiger partial charge in [0.2, 0.25) is 6.79 Å². The third-order valence-electron chi connectivity index (χ3n) is 4.23. The lowest BCUT2D eigenvalue weighted by molar-refractivity contribution is 0.0600. The van der Waals surface area contributed by atoms with Crippen molar-refractivity contribution in [2.24, 2.45) is 0 Å². The van der Waals surface area contributed by atoms with Crippen LogP contribution in [0.5, 0.6) is 11.5 Å². The van der Waals surface area contributed by atoms with E-state index >= 15 is 0 Å². The van der Waals surface area contributed by atoms with Gasteiger partial charge in [-0.3, -0.25) is 4.79 Å². The minimum absolute atomic E-state index is 0.202. The number of pyridine rings is 1. The highest BCUT2D eigenvalue weighted by Gasteiger charge is 2.14. The maximum atomic E-state index is 12.6. The first-order valence-corrected chi connectivity index (χ1v) is 8.75. The summed E-state index contributed by atoms with van der Waals surface area (Å²) >= 11 is 0. The number of methoxy groups -OCH3 is 1. The molecule has 0 bridgehead atoms. The maximum Gasteiger partial charge on any atom is 0.337 e. The zero-order chi connectivity index (χ0) is 20.2. The van der Waals surface area contributed by atoms with Crippen molar-refractivity contribution in [2.45, 2.75) is 0 Å². The Morgan fingerprint density at radius 2 is 1.69 bits per heavy atom. The van der Waals surface area contributed by atoms with Crippen LogP contribution in [0.4, 0.5) is 17.2 Å². The fourth-order valence-electron chi connectivity index (χ4n) is 2.77. The highest BCUT2D eigenvalue weighted by Crippen LogP contribution is 2.34. The van der Waals surface area contributed by atoms with Gasteiger partial charge in [0.15, 0.2) is 11.5 Å². The van der Waals surface area contributed by atoms with Crippen LogP contribution in [-0.4, -0.2) is 30.8 Å². The van der Waals surface area contributed by atoms with Crippen molar-refractivity contribution in [3.05, 3.63) is 71.9 Å². The van der Waals surface area contributed by atoms with Crippen LogP contribution < -0.4 is 20.1 Å². The molecule has 8 nitrogen and oxygen atoms in total. The van der Waals surface area contributed by atoms with E-state index < -0.39 is 5.97 Å². The molecule has 0 aliphatic carbocycles. The van der Waals surface area contributed by atoms with Crippen LogP contribution in [0, 0.1) is 0 Å². The Hall–Kier alpha value is -4.07. The molecular weight excluding hydrogens is 374 g/mol. The van der Waals surface area contributed by atoms with Crippen LogP contribution in [0.2, 0.25) is 0 Å². The van der Waals surface area contributed by atoms with Crippen molar-refractivity contribution in [1.29, 1.82) is 0 Å². The standard InChI is InChI=1S/C21H17N3O5/c1-27-21(26)13-2-4-15(5-3-13)24-20(25)14-8-9-22-19(10-14)23-16-6-7-17-18(11-16)29-12-28-17/h2-11H,12H2,1H3,(H,22,23)(H,24,25). The molecular formula is C21H17N3O5. The Bertz CT molecular complexity index is 1070. The molecule has 146 valence electrons. The second kappa shape index (κ2) is 7.89. The van der Waals surface area contributed by atoms with Gasteiger partial charge in [-0.2, -0.15) is 0 Å². The minimum Gasteiger partial charge on any atom is -0.465 e. The van der Waals surface area contributed by atoms with E-state index in [-0.39, 0.29) is 12.7 Å². The average Bonchev–Trinajstić information content (AvgIpc) is 3.22. The predicted molar refractivity (Wildman–Crippen MR) is 106 cm³/mol. The van der Waals surface area contributed by atoms with Crippen LogP contribution >= 0.6 is 0 Å². The topological polar surface area (TPSA) is 98.8 Å². The molecule has 1 aliphatic heterocycles. The number of fused-ring (bicyclic) bond motifs is 1. The molecule has 2 N–H and O–H groups in total. The summed E-state index contributed by atoms with van der Waals surface area (Å²) in [6.45, 7) is 0.202. The lowest BCUT2D eigenvalue weighted by atomic mass is 10.2. The van der Waals surface area contributed by atoms with E-state index in [9.17, 15) is 9.59 Å². The summed E-state index contributed by atoms with van der Waals surface area (Å²) in [6.07, 6.45) is 1.55. The minimum atomic E-state index is -0.434. The van der Waals surface area contributed by atoms with Gasteiger partial charge in [0.25, 0.3) is 5.91 Å².